The van der Waals surface area contributed by atoms with Gasteiger partial charge in [0.25, 0.3) is 0 Å². The van der Waals surface area contributed by atoms with E-state index in [0.29, 0.717) is 0 Å². The van der Waals surface area contributed by atoms with Gasteiger partial charge >= 0.3 is 0 Å². The zero-order valence-corrected chi connectivity index (χ0v) is 16.5. The Hall–Kier alpha value is -0.360. The predicted molar refractivity (Wildman–Crippen MR) is 97.8 cm³/mol. The molecule has 2 rings (SSSR count). The van der Waals surface area contributed by atoms with E-state index in [0.717, 1.165) is 31.3 Å². The van der Waals surface area contributed by atoms with Crippen LogP contribution in [0.4, 0.5) is 0 Å². The molecule has 2 aromatic rings. The molecule has 5 heteroatoms. The highest BCUT2D eigenvalue weighted by molar-refractivity contribution is 9.11. The Balaban J connectivity index is 2.13. The van der Waals surface area contributed by atoms with Crippen molar-refractivity contribution >= 4 is 47.8 Å². The third-order valence-electron chi connectivity index (χ3n) is 3.24. The topological polar surface area (TPSA) is 21.3 Å². The zero-order chi connectivity index (χ0) is 15.4. The lowest BCUT2D eigenvalue weighted by atomic mass is 10.1. The minimum absolute atomic E-state index is 0.255. The third-order valence-corrected chi connectivity index (χ3v) is 4.78. The fraction of sp³-hybridized carbons (Fsp3) is 0.250. The molecule has 0 amide bonds. The fourth-order valence-corrected chi connectivity index (χ4v) is 4.02. The van der Waals surface area contributed by atoms with Crippen LogP contribution in [0.15, 0.2) is 49.8 Å². The largest absolute Gasteiger partial charge is 0.495 e. The van der Waals surface area contributed by atoms with Crippen molar-refractivity contribution in [1.29, 1.82) is 0 Å². The van der Waals surface area contributed by atoms with E-state index in [-0.39, 0.29) is 6.04 Å². The average Bonchev–Trinajstić information content (AvgIpc) is 2.44. The minimum atomic E-state index is 0.255. The number of ether oxygens (including phenoxy) is 1. The Morgan fingerprint density at radius 1 is 1.10 bits per heavy atom. The van der Waals surface area contributed by atoms with E-state index in [1.165, 1.54) is 5.56 Å². The molecule has 0 unspecified atom stereocenters. The van der Waals surface area contributed by atoms with Crippen molar-refractivity contribution in [3.63, 3.8) is 0 Å². The maximum atomic E-state index is 5.47. The number of rotatable bonds is 5. The van der Waals surface area contributed by atoms with Crippen LogP contribution in [0.25, 0.3) is 0 Å². The first-order chi connectivity index (χ1) is 10.0. The standard InChI is InChI=1S/C16H16Br3NO/c1-10(11-4-3-5-13(17)6-11)20-9-12-7-14(18)8-15(19)16(12)21-2/h3-8,10,20H,9H2,1-2H3/t10-/m0/s1. The van der Waals surface area contributed by atoms with Crippen LogP contribution in [0.2, 0.25) is 0 Å². The molecule has 2 aromatic carbocycles. The van der Waals surface area contributed by atoms with Gasteiger partial charge in [-0.3, -0.25) is 0 Å². The van der Waals surface area contributed by atoms with Crippen molar-refractivity contribution in [3.8, 4) is 5.75 Å². The first-order valence-electron chi connectivity index (χ1n) is 6.52. The number of hydrogen-bond donors (Lipinski definition) is 1. The van der Waals surface area contributed by atoms with Gasteiger partial charge in [0.1, 0.15) is 5.75 Å². The summed E-state index contributed by atoms with van der Waals surface area (Å²) in [6.07, 6.45) is 0. The van der Waals surface area contributed by atoms with Gasteiger partial charge in [0, 0.05) is 27.1 Å². The van der Waals surface area contributed by atoms with Crippen LogP contribution in [-0.2, 0) is 6.54 Å². The van der Waals surface area contributed by atoms with E-state index >= 15 is 0 Å². The summed E-state index contributed by atoms with van der Waals surface area (Å²) in [6, 6.07) is 12.6. The molecule has 0 radical (unpaired) electrons. The first kappa shape index (κ1) is 17.0. The normalized spacial score (nSPS) is 12.2. The Morgan fingerprint density at radius 3 is 2.52 bits per heavy atom. The second-order valence-corrected chi connectivity index (χ2v) is 7.42. The van der Waals surface area contributed by atoms with Gasteiger partial charge in [-0.05, 0) is 52.7 Å². The van der Waals surface area contributed by atoms with E-state index in [1.807, 2.05) is 18.2 Å². The predicted octanol–water partition coefficient (Wildman–Crippen LogP) is 5.83. The molecule has 1 atom stereocenters. The van der Waals surface area contributed by atoms with E-state index in [9.17, 15) is 0 Å². The molecule has 0 aliphatic heterocycles. The number of halogens is 3. The number of hydrogen-bond acceptors (Lipinski definition) is 2. The summed E-state index contributed by atoms with van der Waals surface area (Å²) < 4.78 is 8.55. The molecule has 0 saturated carbocycles. The van der Waals surface area contributed by atoms with Gasteiger partial charge in [-0.1, -0.05) is 44.0 Å². The molecule has 0 spiro atoms. The molecular weight excluding hydrogens is 462 g/mol. The van der Waals surface area contributed by atoms with Crippen LogP contribution in [0.5, 0.6) is 5.75 Å². The average molecular weight is 478 g/mol. The molecule has 112 valence electrons. The number of benzene rings is 2. The summed E-state index contributed by atoms with van der Waals surface area (Å²) in [6.45, 7) is 2.89. The number of methoxy groups -OCH3 is 1. The maximum absolute atomic E-state index is 5.47. The first-order valence-corrected chi connectivity index (χ1v) is 8.90. The Morgan fingerprint density at radius 2 is 1.86 bits per heavy atom. The molecule has 0 fully saturated rings. The van der Waals surface area contributed by atoms with Crippen LogP contribution in [0.3, 0.4) is 0 Å². The highest BCUT2D eigenvalue weighted by Gasteiger charge is 2.11. The van der Waals surface area contributed by atoms with Gasteiger partial charge in [-0.15, -0.1) is 0 Å². The van der Waals surface area contributed by atoms with Gasteiger partial charge in [-0.2, -0.15) is 0 Å². The van der Waals surface area contributed by atoms with E-state index < -0.39 is 0 Å². The van der Waals surface area contributed by atoms with Crippen molar-refractivity contribution in [3.05, 3.63) is 60.9 Å². The summed E-state index contributed by atoms with van der Waals surface area (Å²) in [5, 5.41) is 3.53. The second kappa shape index (κ2) is 7.77. The summed E-state index contributed by atoms with van der Waals surface area (Å²) >= 11 is 10.6. The van der Waals surface area contributed by atoms with Crippen LogP contribution < -0.4 is 10.1 Å². The number of nitrogens with one attached hydrogen (secondary N) is 1. The molecule has 0 bridgehead atoms. The molecule has 1 N–H and O–H groups in total. The smallest absolute Gasteiger partial charge is 0.137 e. The van der Waals surface area contributed by atoms with Crippen LogP contribution >= 0.6 is 47.8 Å². The van der Waals surface area contributed by atoms with Crippen molar-refractivity contribution in [2.24, 2.45) is 0 Å². The maximum Gasteiger partial charge on any atom is 0.137 e. The lowest BCUT2D eigenvalue weighted by Crippen LogP contribution is -2.18. The van der Waals surface area contributed by atoms with Crippen LogP contribution in [-0.4, -0.2) is 7.11 Å². The van der Waals surface area contributed by atoms with Crippen molar-refractivity contribution in [1.82, 2.24) is 5.32 Å². The third kappa shape index (κ3) is 4.55. The summed E-state index contributed by atoms with van der Waals surface area (Å²) in [5.41, 5.74) is 2.36. The SMILES string of the molecule is COc1c(Br)cc(Br)cc1CN[C@@H](C)c1cccc(Br)c1. The van der Waals surface area contributed by atoms with Gasteiger partial charge in [0.15, 0.2) is 0 Å². The molecule has 0 aliphatic carbocycles. The van der Waals surface area contributed by atoms with Crippen LogP contribution in [0.1, 0.15) is 24.1 Å². The lowest BCUT2D eigenvalue weighted by Gasteiger charge is -2.17. The van der Waals surface area contributed by atoms with Gasteiger partial charge in [-0.25, -0.2) is 0 Å². The summed E-state index contributed by atoms with van der Waals surface area (Å²) in [4.78, 5) is 0. The van der Waals surface area contributed by atoms with Crippen molar-refractivity contribution in [2.45, 2.75) is 19.5 Å². The van der Waals surface area contributed by atoms with E-state index in [2.05, 4.69) is 78.2 Å². The monoisotopic (exact) mass is 475 g/mol. The summed E-state index contributed by atoms with van der Waals surface area (Å²) in [7, 11) is 1.69. The van der Waals surface area contributed by atoms with Gasteiger partial charge in [0.05, 0.1) is 11.6 Å². The molecule has 0 aromatic heterocycles. The molecule has 0 saturated heterocycles. The molecule has 0 aliphatic rings. The van der Waals surface area contributed by atoms with Crippen LogP contribution in [0, 0.1) is 0 Å². The van der Waals surface area contributed by atoms with Crippen molar-refractivity contribution in [2.75, 3.05) is 7.11 Å². The lowest BCUT2D eigenvalue weighted by molar-refractivity contribution is 0.403. The second-order valence-electron chi connectivity index (χ2n) is 4.74. The van der Waals surface area contributed by atoms with Gasteiger partial charge in [0.2, 0.25) is 0 Å². The molecule has 2 nitrogen and oxygen atoms in total. The summed E-state index contributed by atoms with van der Waals surface area (Å²) in [5.74, 6) is 0.868. The van der Waals surface area contributed by atoms with E-state index in [1.54, 1.807) is 7.11 Å². The minimum Gasteiger partial charge on any atom is -0.495 e. The fourth-order valence-electron chi connectivity index (χ4n) is 2.13. The molecular formula is C16H16Br3NO. The Labute approximate surface area is 150 Å². The highest BCUT2D eigenvalue weighted by atomic mass is 79.9. The molecule has 0 heterocycles. The molecule has 21 heavy (non-hydrogen) atoms. The Bertz CT molecular complexity index is 631. The van der Waals surface area contributed by atoms with Gasteiger partial charge < -0.3 is 10.1 Å². The highest BCUT2D eigenvalue weighted by Crippen LogP contribution is 2.33. The zero-order valence-electron chi connectivity index (χ0n) is 11.8. The Kier molecular flexibility index (Phi) is 6.29. The van der Waals surface area contributed by atoms with E-state index in [4.69, 9.17) is 4.74 Å². The van der Waals surface area contributed by atoms with Crippen molar-refractivity contribution < 1.29 is 4.74 Å². The quantitative estimate of drug-likeness (QED) is 0.584.